The van der Waals surface area contributed by atoms with Crippen LogP contribution in [0.3, 0.4) is 0 Å². The van der Waals surface area contributed by atoms with Crippen molar-refractivity contribution in [3.8, 4) is 0 Å². The van der Waals surface area contributed by atoms with E-state index in [0.29, 0.717) is 12.8 Å². The van der Waals surface area contributed by atoms with Crippen LogP contribution >= 0.6 is 0 Å². The Labute approximate surface area is 183 Å². The second kappa shape index (κ2) is 13.8. The molecule has 1 unspecified atom stereocenters. The highest BCUT2D eigenvalue weighted by Crippen LogP contribution is 2.22. The molecule has 31 heavy (non-hydrogen) atoms. The molecule has 1 fully saturated rings. The Kier molecular flexibility index (Phi) is 11.1. The Balaban J connectivity index is 1.60. The second-order valence-corrected chi connectivity index (χ2v) is 8.21. The molecule has 2 atom stereocenters. The topological polar surface area (TPSA) is 138 Å². The number of carbonyl (C=O) groups is 3. The van der Waals surface area contributed by atoms with Crippen LogP contribution in [-0.2, 0) is 19.2 Å². The number of hydrogen-bond donors (Lipinski definition) is 4. The van der Waals surface area contributed by atoms with E-state index in [1.54, 1.807) is 0 Å². The Hall–Kier alpha value is -2.36. The van der Waals surface area contributed by atoms with Crippen molar-refractivity contribution in [2.24, 2.45) is 11.1 Å². The molecule has 2 aliphatic rings. The molecule has 1 saturated heterocycles. The minimum atomic E-state index is -1.26. The van der Waals surface area contributed by atoms with Crippen LogP contribution in [0, 0.1) is 5.92 Å². The Morgan fingerprint density at radius 3 is 2.77 bits per heavy atom. The van der Waals surface area contributed by atoms with E-state index < -0.39 is 18.1 Å². The second-order valence-electron chi connectivity index (χ2n) is 8.21. The Morgan fingerprint density at radius 1 is 1.29 bits per heavy atom. The van der Waals surface area contributed by atoms with Gasteiger partial charge in [0.2, 0.25) is 5.91 Å². The van der Waals surface area contributed by atoms with E-state index in [0.717, 1.165) is 44.0 Å². The molecule has 176 valence electrons. The van der Waals surface area contributed by atoms with Crippen molar-refractivity contribution >= 4 is 23.7 Å². The number of carboxylic acid groups (broad SMARTS) is 1. The van der Waals surface area contributed by atoms with E-state index in [1.165, 1.54) is 19.3 Å². The van der Waals surface area contributed by atoms with Crippen molar-refractivity contribution in [2.45, 2.75) is 76.9 Å². The first-order chi connectivity index (χ1) is 15.0. The Morgan fingerprint density at radius 2 is 2.06 bits per heavy atom. The number of carbonyl (C=O) groups excluding carboxylic acids is 2. The maximum Gasteiger partial charge on any atom is 0.407 e. The lowest BCUT2D eigenvalue weighted by atomic mass is 9.91. The molecular weight excluding hydrogens is 404 g/mol. The minimum absolute atomic E-state index is 0.0918. The van der Waals surface area contributed by atoms with Gasteiger partial charge in [-0.05, 0) is 57.5 Å². The summed E-state index contributed by atoms with van der Waals surface area (Å²) in [5.74, 6) is -0.807. The fourth-order valence-electron chi connectivity index (χ4n) is 3.70. The van der Waals surface area contributed by atoms with Crippen molar-refractivity contribution in [3.63, 3.8) is 0 Å². The molecule has 0 saturated carbocycles. The van der Waals surface area contributed by atoms with Crippen LogP contribution in [0.4, 0.5) is 4.79 Å². The van der Waals surface area contributed by atoms with E-state index in [2.05, 4.69) is 21.1 Å². The van der Waals surface area contributed by atoms with Crippen molar-refractivity contribution in [1.82, 2.24) is 16.0 Å². The summed E-state index contributed by atoms with van der Waals surface area (Å²) >= 11 is 0. The molecule has 0 aromatic rings. The van der Waals surface area contributed by atoms with Gasteiger partial charge in [0, 0.05) is 13.0 Å². The molecule has 0 aromatic carbocycles. The lowest BCUT2D eigenvalue weighted by Crippen LogP contribution is -2.48. The van der Waals surface area contributed by atoms with E-state index >= 15 is 0 Å². The first-order valence-electron chi connectivity index (χ1n) is 11.3. The molecule has 0 radical (unpaired) electrons. The van der Waals surface area contributed by atoms with Crippen molar-refractivity contribution < 1.29 is 29.1 Å². The number of rotatable bonds is 13. The van der Waals surface area contributed by atoms with Gasteiger partial charge in [0.05, 0.1) is 18.7 Å². The van der Waals surface area contributed by atoms with Gasteiger partial charge in [0.15, 0.2) is 0 Å². The predicted molar refractivity (Wildman–Crippen MR) is 115 cm³/mol. The fourth-order valence-corrected chi connectivity index (χ4v) is 3.70. The third-order valence-electron chi connectivity index (χ3n) is 5.57. The molecule has 2 heterocycles. The lowest BCUT2D eigenvalue weighted by molar-refractivity contribution is -0.139. The number of aliphatic carboxylic acids is 1. The highest BCUT2D eigenvalue weighted by molar-refractivity contribution is 5.87. The van der Waals surface area contributed by atoms with Crippen LogP contribution in [0.2, 0.25) is 0 Å². The van der Waals surface area contributed by atoms with E-state index in [1.807, 2.05) is 6.92 Å². The third-order valence-corrected chi connectivity index (χ3v) is 5.57. The van der Waals surface area contributed by atoms with Gasteiger partial charge >= 0.3 is 12.1 Å². The first kappa shape index (κ1) is 24.9. The predicted octanol–water partition coefficient (Wildman–Crippen LogP) is 1.79. The summed E-state index contributed by atoms with van der Waals surface area (Å²) in [7, 11) is 0. The monoisotopic (exact) mass is 440 g/mol. The maximum atomic E-state index is 12.2. The van der Waals surface area contributed by atoms with Crippen LogP contribution in [-0.4, -0.2) is 67.2 Å². The summed E-state index contributed by atoms with van der Waals surface area (Å²) in [6, 6.07) is -1.26. The zero-order chi connectivity index (χ0) is 22.5. The quantitative estimate of drug-likeness (QED) is 0.320. The third kappa shape index (κ3) is 9.99. The number of alkyl carbamates (subject to hydrolysis) is 1. The van der Waals surface area contributed by atoms with E-state index in [-0.39, 0.29) is 31.6 Å². The van der Waals surface area contributed by atoms with E-state index in [4.69, 9.17) is 9.57 Å². The number of ether oxygens (including phenoxy) is 1. The van der Waals surface area contributed by atoms with Crippen LogP contribution in [0.5, 0.6) is 0 Å². The van der Waals surface area contributed by atoms with Gasteiger partial charge in [-0.3, -0.25) is 4.79 Å². The summed E-state index contributed by atoms with van der Waals surface area (Å²) in [4.78, 5) is 40.5. The van der Waals surface area contributed by atoms with Gasteiger partial charge in [-0.1, -0.05) is 18.5 Å². The number of piperidine rings is 1. The number of amides is 2. The molecule has 0 aromatic heterocycles. The summed E-state index contributed by atoms with van der Waals surface area (Å²) in [5, 5.41) is 21.5. The smallest absolute Gasteiger partial charge is 0.407 e. The number of unbranched alkanes of at least 4 members (excludes halogenated alkanes) is 1. The molecule has 10 nitrogen and oxygen atoms in total. The standard InChI is InChI=1S/C21H36N4O6/c1-2-3-11-30-21(29)24-18(20(27)28)14-23-19(26)13-17-12-16(25-31-17)6-4-5-15-7-9-22-10-8-15/h15,17-18,22H,2-14H2,1H3,(H,23,26)(H,24,29)(H,27,28)/t17?,18-/m0/s1. The number of oxime groups is 1. The fraction of sp³-hybridized carbons (Fsp3) is 0.810. The molecular formula is C21H36N4O6. The van der Waals surface area contributed by atoms with Crippen molar-refractivity contribution in [2.75, 3.05) is 26.2 Å². The van der Waals surface area contributed by atoms with Gasteiger partial charge in [-0.15, -0.1) is 0 Å². The van der Waals surface area contributed by atoms with E-state index in [9.17, 15) is 19.5 Å². The highest BCUT2D eigenvalue weighted by Gasteiger charge is 2.26. The Bertz CT molecular complexity index is 621. The number of nitrogens with zero attached hydrogens (tertiary/aromatic N) is 1. The molecule has 2 aliphatic heterocycles. The first-order valence-corrected chi connectivity index (χ1v) is 11.3. The average Bonchev–Trinajstić information content (AvgIpc) is 3.19. The normalized spacial score (nSPS) is 19.8. The summed E-state index contributed by atoms with van der Waals surface area (Å²) < 4.78 is 4.90. The van der Waals surface area contributed by atoms with Crippen LogP contribution in [0.1, 0.15) is 64.7 Å². The lowest BCUT2D eigenvalue weighted by Gasteiger charge is -2.22. The minimum Gasteiger partial charge on any atom is -0.480 e. The van der Waals surface area contributed by atoms with Gasteiger partial charge in [0.25, 0.3) is 0 Å². The molecule has 4 N–H and O–H groups in total. The van der Waals surface area contributed by atoms with Gasteiger partial charge in [-0.25, -0.2) is 9.59 Å². The molecule has 2 rings (SSSR count). The van der Waals surface area contributed by atoms with Crippen LogP contribution in [0.15, 0.2) is 5.16 Å². The van der Waals surface area contributed by atoms with Crippen molar-refractivity contribution in [3.05, 3.63) is 0 Å². The molecule has 0 bridgehead atoms. The zero-order valence-corrected chi connectivity index (χ0v) is 18.4. The van der Waals surface area contributed by atoms with Crippen LogP contribution in [0.25, 0.3) is 0 Å². The van der Waals surface area contributed by atoms with Crippen molar-refractivity contribution in [1.29, 1.82) is 0 Å². The SMILES string of the molecule is CCCCOC(=O)N[C@@H](CNC(=O)CC1CC(CCCC2CCNCC2)=NO1)C(=O)O. The number of nitrogens with one attached hydrogen (secondary N) is 3. The zero-order valence-electron chi connectivity index (χ0n) is 18.4. The highest BCUT2D eigenvalue weighted by atomic mass is 16.6. The summed E-state index contributed by atoms with van der Waals surface area (Å²) in [5.41, 5.74) is 0.978. The summed E-state index contributed by atoms with van der Waals surface area (Å²) in [6.07, 6.45) is 6.74. The molecule has 2 amide bonds. The van der Waals surface area contributed by atoms with Gasteiger partial charge in [-0.2, -0.15) is 0 Å². The molecule has 10 heteroatoms. The van der Waals surface area contributed by atoms with Gasteiger partial charge in [0.1, 0.15) is 12.1 Å². The number of carboxylic acids is 1. The van der Waals surface area contributed by atoms with Gasteiger partial charge < -0.3 is 30.6 Å². The maximum absolute atomic E-state index is 12.2. The average molecular weight is 441 g/mol. The summed E-state index contributed by atoms with van der Waals surface area (Å²) in [6.45, 7) is 4.15. The van der Waals surface area contributed by atoms with Crippen LogP contribution < -0.4 is 16.0 Å². The molecule has 0 aliphatic carbocycles. The number of hydrogen-bond acceptors (Lipinski definition) is 7. The molecule has 0 spiro atoms. The largest absolute Gasteiger partial charge is 0.480 e.